The molecule has 6 aromatic carbocycles. The van der Waals surface area contributed by atoms with Gasteiger partial charge < -0.3 is 9.80 Å². The molecule has 2 nitrogen and oxygen atoms in total. The topological polar surface area (TPSA) is 6.48 Å². The van der Waals surface area contributed by atoms with Gasteiger partial charge in [-0.1, -0.05) is 167 Å². The van der Waals surface area contributed by atoms with Crippen molar-refractivity contribution in [2.24, 2.45) is 0 Å². The zero-order valence-corrected chi connectivity index (χ0v) is 48.1. The molecule has 0 fully saturated rings. The fourth-order valence-corrected chi connectivity index (χ4v) is 15.8. The minimum Gasteiger partial charge on any atom is -0.311 e. The number of benzene rings is 6. The molecule has 3 heterocycles. The van der Waals surface area contributed by atoms with E-state index in [1.54, 1.807) is 0 Å². The molecular weight excluding hydrogens is 888 g/mol. The predicted octanol–water partition coefficient (Wildman–Crippen LogP) is 17.8. The summed E-state index contributed by atoms with van der Waals surface area (Å²) in [6.07, 6.45) is 7.11. The van der Waals surface area contributed by atoms with Gasteiger partial charge in [0.2, 0.25) is 0 Å². The molecule has 0 unspecified atom stereocenters. The molecule has 0 saturated heterocycles. The highest BCUT2D eigenvalue weighted by Crippen LogP contribution is 2.56. The molecule has 0 spiro atoms. The fourth-order valence-electron chi connectivity index (χ4n) is 14.4. The molecule has 5 aliphatic rings. The zero-order chi connectivity index (χ0) is 51.4. The molecule has 0 radical (unpaired) electrons. The molecule has 0 bridgehead atoms. The lowest BCUT2D eigenvalue weighted by atomic mass is 9.32. The van der Waals surface area contributed by atoms with Crippen LogP contribution >= 0.6 is 11.3 Å². The van der Waals surface area contributed by atoms with E-state index in [0.29, 0.717) is 0 Å². The lowest BCUT2D eigenvalue weighted by molar-refractivity contribution is 0.332. The number of fused-ring (bicyclic) bond motifs is 10. The van der Waals surface area contributed by atoms with Gasteiger partial charge in [-0.3, -0.25) is 0 Å². The molecule has 0 atom stereocenters. The summed E-state index contributed by atoms with van der Waals surface area (Å²) in [4.78, 5) is 5.56. The Morgan fingerprint density at radius 3 is 1.40 bits per heavy atom. The van der Waals surface area contributed by atoms with Crippen molar-refractivity contribution in [1.29, 1.82) is 0 Å². The Morgan fingerprint density at radius 1 is 0.431 bits per heavy atom. The Kier molecular flexibility index (Phi) is 10.0. The first-order valence-electron chi connectivity index (χ1n) is 27.7. The molecule has 3 aliphatic carbocycles. The Labute approximate surface area is 438 Å². The normalized spacial score (nSPS) is 20.6. The van der Waals surface area contributed by atoms with Crippen LogP contribution in [0.4, 0.5) is 34.1 Å². The Balaban J connectivity index is 1.27. The second-order valence-corrected chi connectivity index (χ2v) is 30.5. The van der Waals surface area contributed by atoms with Gasteiger partial charge in [-0.2, -0.15) is 0 Å². The number of hydrogen-bond donors (Lipinski definition) is 0. The summed E-state index contributed by atoms with van der Waals surface area (Å²) in [5.74, 6) is 0. The molecule has 72 heavy (non-hydrogen) atoms. The summed E-state index contributed by atoms with van der Waals surface area (Å²) in [7, 11) is 0. The molecule has 372 valence electrons. The summed E-state index contributed by atoms with van der Waals surface area (Å²) in [6.45, 7) is 44.5. The monoisotopic (exact) mass is 969 g/mol. The van der Waals surface area contributed by atoms with Gasteiger partial charge in [0.05, 0.1) is 5.69 Å². The average Bonchev–Trinajstić information content (AvgIpc) is 3.69. The largest absolute Gasteiger partial charge is 0.311 e. The van der Waals surface area contributed by atoms with Gasteiger partial charge in [0.15, 0.2) is 0 Å². The summed E-state index contributed by atoms with van der Waals surface area (Å²) >= 11 is 1.98. The van der Waals surface area contributed by atoms with Crippen molar-refractivity contribution >= 4 is 88.7 Å². The van der Waals surface area contributed by atoms with Crippen molar-refractivity contribution in [2.75, 3.05) is 9.80 Å². The number of thiophene rings is 1. The van der Waals surface area contributed by atoms with E-state index >= 15 is 0 Å². The van der Waals surface area contributed by atoms with Crippen LogP contribution in [0.2, 0.25) is 0 Å². The van der Waals surface area contributed by atoms with E-state index in [4.69, 9.17) is 0 Å². The highest BCUT2D eigenvalue weighted by molar-refractivity contribution is 7.26. The maximum absolute atomic E-state index is 2.79. The van der Waals surface area contributed by atoms with E-state index in [2.05, 4.69) is 225 Å². The Hall–Kier alpha value is -4.80. The van der Waals surface area contributed by atoms with Crippen LogP contribution in [0.3, 0.4) is 0 Å². The van der Waals surface area contributed by atoms with Gasteiger partial charge in [-0.15, -0.1) is 11.3 Å². The van der Waals surface area contributed by atoms with E-state index in [9.17, 15) is 0 Å². The van der Waals surface area contributed by atoms with Gasteiger partial charge in [0.1, 0.15) is 0 Å². The molecule has 12 rings (SSSR count). The number of hydrogen-bond acceptors (Lipinski definition) is 3. The van der Waals surface area contributed by atoms with Crippen molar-refractivity contribution in [2.45, 2.75) is 206 Å². The third kappa shape index (κ3) is 6.91. The second kappa shape index (κ2) is 15.0. The van der Waals surface area contributed by atoms with Crippen molar-refractivity contribution in [3.05, 3.63) is 136 Å². The van der Waals surface area contributed by atoms with Crippen LogP contribution in [-0.2, 0) is 43.3 Å². The average molecular weight is 969 g/mol. The van der Waals surface area contributed by atoms with Crippen LogP contribution in [0.25, 0.3) is 20.2 Å². The lowest BCUT2D eigenvalue weighted by Gasteiger charge is -2.49. The molecule has 7 aromatic rings. The van der Waals surface area contributed by atoms with Crippen LogP contribution in [0, 0.1) is 0 Å². The van der Waals surface area contributed by atoms with E-state index in [0.717, 1.165) is 0 Å². The van der Waals surface area contributed by atoms with E-state index in [1.165, 1.54) is 154 Å². The molecular formula is C68H81BN2S. The quantitative estimate of drug-likeness (QED) is 0.159. The van der Waals surface area contributed by atoms with Gasteiger partial charge >= 0.3 is 0 Å². The lowest BCUT2D eigenvalue weighted by Crippen LogP contribution is -2.62. The van der Waals surface area contributed by atoms with E-state index in [-0.39, 0.29) is 50.0 Å². The number of anilines is 6. The molecule has 1 aromatic heterocycles. The van der Waals surface area contributed by atoms with Crippen molar-refractivity contribution in [3.8, 4) is 0 Å². The minimum absolute atomic E-state index is 0.0209. The zero-order valence-electron chi connectivity index (χ0n) is 47.3. The van der Waals surface area contributed by atoms with E-state index < -0.39 is 0 Å². The van der Waals surface area contributed by atoms with Gasteiger partial charge in [0, 0.05) is 48.6 Å². The first kappa shape index (κ1) is 48.2. The SMILES string of the molecule is CC(C)(C)c1cc2c3c(c1)N(c1ccc(C(C)(C)C)c4sc5ccccc5c14)c1cc4c(cc1B3c1cc3c(cc1N2c1ccc2c(c1)C(C)(C)CCC2(C)C)C(C)(C)CCC3(C)C)C(C)(C)CCC4(C)C. The number of rotatable bonds is 2. The van der Waals surface area contributed by atoms with Gasteiger partial charge in [-0.05, 0) is 191 Å². The molecule has 0 saturated carbocycles. The van der Waals surface area contributed by atoms with Crippen LogP contribution < -0.4 is 26.2 Å². The minimum atomic E-state index is -0.120. The first-order valence-corrected chi connectivity index (χ1v) is 28.5. The maximum Gasteiger partial charge on any atom is 0.252 e. The summed E-state index contributed by atoms with van der Waals surface area (Å²) in [6, 6.07) is 38.0. The molecule has 2 aliphatic heterocycles. The molecule has 4 heteroatoms. The van der Waals surface area contributed by atoms with E-state index in [1.807, 2.05) is 11.3 Å². The number of nitrogens with zero attached hydrogens (tertiary/aromatic N) is 2. The van der Waals surface area contributed by atoms with Crippen molar-refractivity contribution in [1.82, 2.24) is 0 Å². The second-order valence-electron chi connectivity index (χ2n) is 29.4. The van der Waals surface area contributed by atoms with Crippen LogP contribution in [0.5, 0.6) is 0 Å². The third-order valence-electron chi connectivity index (χ3n) is 19.5. The van der Waals surface area contributed by atoms with Crippen LogP contribution in [0.15, 0.2) is 91.0 Å². The Bertz CT molecular complexity index is 3460. The standard InChI is InChI=1S/C68H81BN2S/c1-61(2,3)40-33-55-59-56(34-40)71(52-26-25-44(62(4,5)6)60-58(52)42-21-19-20-22-57(42)72-60)54-39-49-47(66(13,14)30-32-68(49,17)18)37-51(54)69(59)50-36-46-48(67(15,16)31-29-65(46,11)12)38-53(50)70(55)41-23-24-43-45(35-41)64(9,10)28-27-63(43,7)8/h19-26,33-39H,27-32H2,1-18H3. The third-order valence-corrected chi connectivity index (χ3v) is 20.7. The summed E-state index contributed by atoms with van der Waals surface area (Å²) in [5.41, 5.74) is 24.5. The first-order chi connectivity index (χ1) is 33.4. The van der Waals surface area contributed by atoms with Crippen molar-refractivity contribution < 1.29 is 0 Å². The maximum atomic E-state index is 2.79. The fraction of sp³-hybridized carbons (Fsp3) is 0.471. The van der Waals surface area contributed by atoms with Gasteiger partial charge in [0.25, 0.3) is 6.71 Å². The van der Waals surface area contributed by atoms with Crippen molar-refractivity contribution in [3.63, 3.8) is 0 Å². The highest BCUT2D eigenvalue weighted by Gasteiger charge is 2.50. The molecule has 0 amide bonds. The summed E-state index contributed by atoms with van der Waals surface area (Å²) < 4.78 is 2.77. The molecule has 0 N–H and O–H groups in total. The van der Waals surface area contributed by atoms with Crippen LogP contribution in [-0.4, -0.2) is 6.71 Å². The summed E-state index contributed by atoms with van der Waals surface area (Å²) in [5, 5.41) is 2.73. The van der Waals surface area contributed by atoms with Gasteiger partial charge in [-0.25, -0.2) is 0 Å². The highest BCUT2D eigenvalue weighted by atomic mass is 32.1. The predicted molar refractivity (Wildman–Crippen MR) is 317 cm³/mol. The van der Waals surface area contributed by atoms with Crippen LogP contribution in [0.1, 0.15) is 208 Å². The smallest absolute Gasteiger partial charge is 0.252 e. The Morgan fingerprint density at radius 2 is 0.889 bits per heavy atom.